The Balaban J connectivity index is 1.53. The van der Waals surface area contributed by atoms with Gasteiger partial charge in [-0.25, -0.2) is 9.78 Å². The number of hydrogen-bond donors (Lipinski definition) is 2. The van der Waals surface area contributed by atoms with Crippen LogP contribution < -0.4 is 10.6 Å². The van der Waals surface area contributed by atoms with Crippen molar-refractivity contribution < 1.29 is 9.59 Å². The van der Waals surface area contributed by atoms with Crippen LogP contribution in [0.25, 0.3) is 0 Å². The van der Waals surface area contributed by atoms with E-state index in [0.717, 1.165) is 18.4 Å². The number of aryl methyl sites for hydroxylation is 2. The van der Waals surface area contributed by atoms with E-state index >= 15 is 0 Å². The van der Waals surface area contributed by atoms with E-state index in [4.69, 9.17) is 0 Å². The standard InChI is InChI=1S/C19H24N4O2S/c1-13-5-6-15(14(2)10-13)11-21-19(25)23-8-3-4-16(12-23)17(24)22-18-20-7-9-26-18/h5-7,9-10,16H,3-4,8,11-12H2,1-2H3,(H,21,25)(H,20,22,24). The van der Waals surface area contributed by atoms with Crippen LogP contribution in [0, 0.1) is 19.8 Å². The molecular weight excluding hydrogens is 348 g/mol. The fraction of sp³-hybridized carbons (Fsp3) is 0.421. The summed E-state index contributed by atoms with van der Waals surface area (Å²) < 4.78 is 0. The van der Waals surface area contributed by atoms with Crippen molar-refractivity contribution in [2.75, 3.05) is 18.4 Å². The van der Waals surface area contributed by atoms with E-state index in [2.05, 4.69) is 28.6 Å². The van der Waals surface area contributed by atoms with Crippen LogP contribution in [-0.4, -0.2) is 34.9 Å². The zero-order valence-corrected chi connectivity index (χ0v) is 15.9. The minimum Gasteiger partial charge on any atom is -0.334 e. The summed E-state index contributed by atoms with van der Waals surface area (Å²) >= 11 is 1.39. The Morgan fingerprint density at radius 1 is 1.35 bits per heavy atom. The maximum absolute atomic E-state index is 12.5. The Morgan fingerprint density at radius 3 is 2.92 bits per heavy atom. The van der Waals surface area contributed by atoms with Gasteiger partial charge in [-0.3, -0.25) is 4.79 Å². The number of piperidine rings is 1. The normalized spacial score (nSPS) is 17.0. The van der Waals surface area contributed by atoms with E-state index in [0.29, 0.717) is 24.8 Å². The molecule has 0 aliphatic carbocycles. The molecule has 3 amide bonds. The minimum atomic E-state index is -0.195. The van der Waals surface area contributed by atoms with Crippen molar-refractivity contribution in [3.05, 3.63) is 46.5 Å². The van der Waals surface area contributed by atoms with Crippen LogP contribution in [-0.2, 0) is 11.3 Å². The highest BCUT2D eigenvalue weighted by atomic mass is 32.1. The summed E-state index contributed by atoms with van der Waals surface area (Å²) in [6.07, 6.45) is 3.28. The SMILES string of the molecule is Cc1ccc(CNC(=O)N2CCCC(C(=O)Nc3nccs3)C2)c(C)c1. The van der Waals surface area contributed by atoms with Crippen LogP contribution in [0.4, 0.5) is 9.93 Å². The average Bonchev–Trinajstić information content (AvgIpc) is 3.14. The summed E-state index contributed by atoms with van der Waals surface area (Å²) in [5.41, 5.74) is 3.49. The predicted octanol–water partition coefficient (Wildman–Crippen LogP) is 3.32. The predicted molar refractivity (Wildman–Crippen MR) is 103 cm³/mol. The minimum absolute atomic E-state index is 0.0631. The van der Waals surface area contributed by atoms with Crippen molar-refractivity contribution in [3.63, 3.8) is 0 Å². The van der Waals surface area contributed by atoms with Crippen LogP contribution in [0.3, 0.4) is 0 Å². The van der Waals surface area contributed by atoms with Crippen molar-refractivity contribution in [1.82, 2.24) is 15.2 Å². The van der Waals surface area contributed by atoms with Crippen LogP contribution in [0.2, 0.25) is 0 Å². The lowest BCUT2D eigenvalue weighted by Gasteiger charge is -2.32. The molecule has 0 spiro atoms. The number of hydrogen-bond acceptors (Lipinski definition) is 4. The highest BCUT2D eigenvalue weighted by Crippen LogP contribution is 2.20. The highest BCUT2D eigenvalue weighted by molar-refractivity contribution is 7.13. The smallest absolute Gasteiger partial charge is 0.317 e. The third-order valence-electron chi connectivity index (χ3n) is 4.67. The van der Waals surface area contributed by atoms with Gasteiger partial charge in [0.25, 0.3) is 0 Å². The molecule has 6 nitrogen and oxygen atoms in total. The number of nitrogens with zero attached hydrogens (tertiary/aromatic N) is 2. The molecule has 26 heavy (non-hydrogen) atoms. The number of nitrogens with one attached hydrogen (secondary N) is 2. The summed E-state index contributed by atoms with van der Waals surface area (Å²) in [6, 6.07) is 6.10. The third-order valence-corrected chi connectivity index (χ3v) is 5.36. The van der Waals surface area contributed by atoms with Gasteiger partial charge in [-0.05, 0) is 37.8 Å². The van der Waals surface area contributed by atoms with Gasteiger partial charge >= 0.3 is 6.03 Å². The number of aromatic nitrogens is 1. The fourth-order valence-corrected chi connectivity index (χ4v) is 3.73. The number of urea groups is 1. The third kappa shape index (κ3) is 4.60. The second kappa shape index (κ2) is 8.31. The molecule has 0 radical (unpaired) electrons. The molecule has 2 heterocycles. The maximum Gasteiger partial charge on any atom is 0.317 e. The molecule has 7 heteroatoms. The molecule has 2 aromatic rings. The number of carbonyl (C=O) groups excluding carboxylic acids is 2. The zero-order valence-electron chi connectivity index (χ0n) is 15.1. The van der Waals surface area contributed by atoms with E-state index in [1.807, 2.05) is 24.4 Å². The van der Waals surface area contributed by atoms with Crippen LogP contribution in [0.15, 0.2) is 29.8 Å². The highest BCUT2D eigenvalue weighted by Gasteiger charge is 2.28. The molecule has 0 saturated carbocycles. The number of anilines is 1. The Kier molecular flexibility index (Phi) is 5.88. The summed E-state index contributed by atoms with van der Waals surface area (Å²) in [7, 11) is 0. The number of thiazole rings is 1. The largest absolute Gasteiger partial charge is 0.334 e. The van der Waals surface area contributed by atoms with Crippen molar-refractivity contribution >= 4 is 28.4 Å². The Hall–Kier alpha value is -2.41. The van der Waals surface area contributed by atoms with Gasteiger partial charge < -0.3 is 15.5 Å². The first-order valence-corrected chi connectivity index (χ1v) is 9.70. The van der Waals surface area contributed by atoms with E-state index in [-0.39, 0.29) is 17.9 Å². The molecule has 1 saturated heterocycles. The van der Waals surface area contributed by atoms with Crippen molar-refractivity contribution in [1.29, 1.82) is 0 Å². The number of likely N-dealkylation sites (tertiary alicyclic amines) is 1. The van der Waals surface area contributed by atoms with Crippen molar-refractivity contribution in [2.45, 2.75) is 33.2 Å². The van der Waals surface area contributed by atoms with E-state index < -0.39 is 0 Å². The number of carbonyl (C=O) groups is 2. The molecular formula is C19H24N4O2S. The van der Waals surface area contributed by atoms with Gasteiger partial charge in [-0.2, -0.15) is 0 Å². The molecule has 2 N–H and O–H groups in total. The summed E-state index contributed by atoms with van der Waals surface area (Å²) in [5.74, 6) is -0.258. The van der Waals surface area contributed by atoms with Crippen LogP contribution >= 0.6 is 11.3 Å². The molecule has 1 aromatic carbocycles. The summed E-state index contributed by atoms with van der Waals surface area (Å²) in [4.78, 5) is 30.7. The lowest BCUT2D eigenvalue weighted by molar-refractivity contribution is -0.121. The van der Waals surface area contributed by atoms with Crippen molar-refractivity contribution in [3.8, 4) is 0 Å². The Labute approximate surface area is 157 Å². The second-order valence-electron chi connectivity index (χ2n) is 6.70. The quantitative estimate of drug-likeness (QED) is 0.865. The van der Waals surface area contributed by atoms with E-state index in [1.165, 1.54) is 22.5 Å². The van der Waals surface area contributed by atoms with Gasteiger partial charge in [0.05, 0.1) is 5.92 Å². The zero-order chi connectivity index (χ0) is 18.5. The molecule has 1 aliphatic rings. The second-order valence-corrected chi connectivity index (χ2v) is 7.59. The molecule has 0 bridgehead atoms. The first kappa shape index (κ1) is 18.4. The summed E-state index contributed by atoms with van der Waals surface area (Å²) in [6.45, 7) is 5.72. The summed E-state index contributed by atoms with van der Waals surface area (Å²) in [5, 5.41) is 8.24. The number of amides is 3. The monoisotopic (exact) mass is 372 g/mol. The first-order chi connectivity index (χ1) is 12.5. The van der Waals surface area contributed by atoms with Gasteiger partial charge in [0.2, 0.25) is 5.91 Å². The molecule has 138 valence electrons. The maximum atomic E-state index is 12.5. The average molecular weight is 372 g/mol. The topological polar surface area (TPSA) is 74.3 Å². The van der Waals surface area contributed by atoms with Gasteiger partial charge in [0, 0.05) is 31.2 Å². The van der Waals surface area contributed by atoms with E-state index in [9.17, 15) is 9.59 Å². The molecule has 1 unspecified atom stereocenters. The van der Waals surface area contributed by atoms with Gasteiger partial charge in [0.15, 0.2) is 5.13 Å². The molecule has 1 fully saturated rings. The van der Waals surface area contributed by atoms with E-state index in [1.54, 1.807) is 11.1 Å². The molecule has 1 atom stereocenters. The Morgan fingerprint density at radius 2 is 2.19 bits per heavy atom. The lowest BCUT2D eigenvalue weighted by Crippen LogP contribution is -2.47. The van der Waals surface area contributed by atoms with Gasteiger partial charge in [-0.1, -0.05) is 23.8 Å². The van der Waals surface area contributed by atoms with Gasteiger partial charge in [0.1, 0.15) is 0 Å². The van der Waals surface area contributed by atoms with Crippen LogP contribution in [0.5, 0.6) is 0 Å². The Bertz CT molecular complexity index is 776. The number of benzene rings is 1. The molecule has 3 rings (SSSR count). The molecule has 1 aromatic heterocycles. The first-order valence-electron chi connectivity index (χ1n) is 8.82. The van der Waals surface area contributed by atoms with Gasteiger partial charge in [-0.15, -0.1) is 11.3 Å². The lowest BCUT2D eigenvalue weighted by atomic mass is 9.97. The molecule has 1 aliphatic heterocycles. The van der Waals surface area contributed by atoms with Crippen molar-refractivity contribution in [2.24, 2.45) is 5.92 Å². The van der Waals surface area contributed by atoms with Crippen LogP contribution in [0.1, 0.15) is 29.5 Å². The number of rotatable bonds is 4. The fourth-order valence-electron chi connectivity index (χ4n) is 3.20.